The first-order valence-corrected chi connectivity index (χ1v) is 9.89. The molecule has 1 saturated heterocycles. The van der Waals surface area contributed by atoms with Gasteiger partial charge in [-0.1, -0.05) is 0 Å². The number of benzene rings is 1. The molecule has 1 aromatic rings. The third kappa shape index (κ3) is 5.42. The van der Waals surface area contributed by atoms with Gasteiger partial charge in [0.25, 0.3) is 0 Å². The molecule has 8 heteroatoms. The molecule has 0 aliphatic carbocycles. The summed E-state index contributed by atoms with van der Waals surface area (Å²) in [4.78, 5) is 14.8. The molecule has 0 aromatic heterocycles. The second-order valence-corrected chi connectivity index (χ2v) is 7.48. The molecule has 1 fully saturated rings. The third-order valence-corrected chi connectivity index (χ3v) is 5.50. The number of rotatable bonds is 7. The Morgan fingerprint density at radius 3 is 2.68 bits per heavy atom. The van der Waals surface area contributed by atoms with Crippen LogP contribution in [0.3, 0.4) is 0 Å². The maximum absolute atomic E-state index is 12.4. The van der Waals surface area contributed by atoms with Gasteiger partial charge in [0.2, 0.25) is 5.91 Å². The number of nitrogens with zero attached hydrogens (tertiary/aromatic N) is 1. The number of morpholine rings is 1. The highest BCUT2D eigenvalue weighted by Crippen LogP contribution is 2.31. The Morgan fingerprint density at radius 2 is 1.88 bits per heavy atom. The fourth-order valence-corrected chi connectivity index (χ4v) is 3.80. The van der Waals surface area contributed by atoms with Crippen LogP contribution in [0.25, 0.3) is 0 Å². The quantitative estimate of drug-likeness (QED) is 0.751. The Labute approximate surface area is 150 Å². The highest BCUT2D eigenvalue weighted by molar-refractivity contribution is 7.85. The van der Waals surface area contributed by atoms with Crippen molar-refractivity contribution in [1.82, 2.24) is 10.2 Å². The van der Waals surface area contributed by atoms with Crippen LogP contribution in [0.1, 0.15) is 6.42 Å². The Balaban J connectivity index is 1.38. The van der Waals surface area contributed by atoms with Crippen molar-refractivity contribution in [3.63, 3.8) is 0 Å². The van der Waals surface area contributed by atoms with E-state index in [4.69, 9.17) is 14.2 Å². The van der Waals surface area contributed by atoms with Crippen LogP contribution in [0.4, 0.5) is 0 Å². The summed E-state index contributed by atoms with van der Waals surface area (Å²) in [6, 6.07) is 5.27. The van der Waals surface area contributed by atoms with Gasteiger partial charge in [-0.2, -0.15) is 0 Å². The smallest absolute Gasteiger partial charge is 0.220 e. The molecule has 2 aliphatic rings. The number of fused-ring (bicyclic) bond motifs is 1. The molecule has 2 aliphatic heterocycles. The van der Waals surface area contributed by atoms with Crippen LogP contribution in [-0.2, 0) is 20.3 Å². The zero-order chi connectivity index (χ0) is 17.5. The molecular formula is C17H24N2O5S. The SMILES string of the molecule is O=C(CCS(=O)c1ccc2c(c1)OCCO2)NCCN1CCOCC1. The highest BCUT2D eigenvalue weighted by Gasteiger charge is 2.15. The Kier molecular flexibility index (Phi) is 6.66. The van der Waals surface area contributed by atoms with E-state index in [1.807, 2.05) is 0 Å². The van der Waals surface area contributed by atoms with E-state index in [2.05, 4.69) is 10.2 Å². The molecule has 7 nitrogen and oxygen atoms in total. The standard InChI is InChI=1S/C17H24N2O5S/c20-17(18-4-5-19-6-8-22-9-7-19)3-12-25(21)14-1-2-15-16(13-14)24-11-10-23-15/h1-2,13H,3-12H2,(H,18,20). The summed E-state index contributed by atoms with van der Waals surface area (Å²) in [6.45, 7) is 5.77. The van der Waals surface area contributed by atoms with Crippen molar-refractivity contribution in [2.45, 2.75) is 11.3 Å². The van der Waals surface area contributed by atoms with E-state index in [9.17, 15) is 9.00 Å². The van der Waals surface area contributed by atoms with Crippen LogP contribution in [0.5, 0.6) is 11.5 Å². The normalized spacial score (nSPS) is 18.6. The summed E-state index contributed by atoms with van der Waals surface area (Å²) in [7, 11) is -1.24. The minimum Gasteiger partial charge on any atom is -0.486 e. The Morgan fingerprint density at radius 1 is 1.12 bits per heavy atom. The van der Waals surface area contributed by atoms with E-state index in [0.29, 0.717) is 41.9 Å². The lowest BCUT2D eigenvalue weighted by atomic mass is 10.3. The highest BCUT2D eigenvalue weighted by atomic mass is 32.2. The molecule has 0 spiro atoms. The maximum atomic E-state index is 12.4. The number of nitrogens with one attached hydrogen (secondary N) is 1. The van der Waals surface area contributed by atoms with Crippen LogP contribution in [0.2, 0.25) is 0 Å². The molecule has 1 aromatic carbocycles. The lowest BCUT2D eigenvalue weighted by molar-refractivity contribution is -0.120. The van der Waals surface area contributed by atoms with Gasteiger partial charge >= 0.3 is 0 Å². The second kappa shape index (κ2) is 9.17. The van der Waals surface area contributed by atoms with Gasteiger partial charge in [-0.3, -0.25) is 13.9 Å². The van der Waals surface area contributed by atoms with E-state index in [1.54, 1.807) is 18.2 Å². The van der Waals surface area contributed by atoms with Gasteiger partial charge in [0.1, 0.15) is 13.2 Å². The monoisotopic (exact) mass is 368 g/mol. The summed E-state index contributed by atoms with van der Waals surface area (Å²) in [6.07, 6.45) is 0.240. The summed E-state index contributed by atoms with van der Waals surface area (Å²) in [5, 5.41) is 2.89. The Bertz CT molecular complexity index is 619. The molecular weight excluding hydrogens is 344 g/mol. The molecule has 3 rings (SSSR count). The van der Waals surface area contributed by atoms with Gasteiger partial charge in [0, 0.05) is 49.3 Å². The summed E-state index contributed by atoms with van der Waals surface area (Å²) < 4.78 is 28.6. The van der Waals surface area contributed by atoms with Crippen LogP contribution in [0.15, 0.2) is 23.1 Å². The van der Waals surface area contributed by atoms with Crippen molar-refractivity contribution in [3.8, 4) is 11.5 Å². The van der Waals surface area contributed by atoms with E-state index >= 15 is 0 Å². The minimum atomic E-state index is -1.24. The lowest BCUT2D eigenvalue weighted by Crippen LogP contribution is -2.41. The van der Waals surface area contributed by atoms with Gasteiger partial charge in [-0.25, -0.2) is 0 Å². The van der Waals surface area contributed by atoms with Crippen LogP contribution in [0, 0.1) is 0 Å². The van der Waals surface area contributed by atoms with E-state index < -0.39 is 10.8 Å². The van der Waals surface area contributed by atoms with Crippen LogP contribution < -0.4 is 14.8 Å². The first-order valence-electron chi connectivity index (χ1n) is 8.57. The van der Waals surface area contributed by atoms with Crippen molar-refractivity contribution in [2.24, 2.45) is 0 Å². The average Bonchev–Trinajstić information content (AvgIpc) is 2.66. The molecule has 0 radical (unpaired) electrons. The summed E-state index contributed by atoms with van der Waals surface area (Å²) in [5.74, 6) is 1.52. The first kappa shape index (κ1) is 18.2. The lowest BCUT2D eigenvalue weighted by Gasteiger charge is -2.26. The number of hydrogen-bond donors (Lipinski definition) is 1. The third-order valence-electron chi connectivity index (χ3n) is 4.14. The fourth-order valence-electron chi connectivity index (χ4n) is 2.74. The fraction of sp³-hybridized carbons (Fsp3) is 0.588. The summed E-state index contributed by atoms with van der Waals surface area (Å²) in [5.41, 5.74) is 0. The van der Waals surface area contributed by atoms with Crippen LogP contribution >= 0.6 is 0 Å². The van der Waals surface area contributed by atoms with Gasteiger partial charge in [0.15, 0.2) is 11.5 Å². The maximum Gasteiger partial charge on any atom is 0.220 e. The topological polar surface area (TPSA) is 77.1 Å². The molecule has 25 heavy (non-hydrogen) atoms. The number of carbonyl (C=O) groups excluding carboxylic acids is 1. The largest absolute Gasteiger partial charge is 0.486 e. The number of amides is 1. The van der Waals surface area contributed by atoms with Crippen LogP contribution in [-0.4, -0.2) is 73.4 Å². The predicted octanol–water partition coefficient (Wildman–Crippen LogP) is 0.404. The molecule has 1 N–H and O–H groups in total. The van der Waals surface area contributed by atoms with Crippen molar-refractivity contribution in [2.75, 3.05) is 58.4 Å². The van der Waals surface area contributed by atoms with Crippen molar-refractivity contribution < 1.29 is 23.2 Å². The van der Waals surface area contributed by atoms with Gasteiger partial charge in [-0.05, 0) is 12.1 Å². The van der Waals surface area contributed by atoms with Crippen molar-refractivity contribution >= 4 is 16.7 Å². The molecule has 1 unspecified atom stereocenters. The minimum absolute atomic E-state index is 0.0702. The van der Waals surface area contributed by atoms with Gasteiger partial charge in [-0.15, -0.1) is 0 Å². The molecule has 2 heterocycles. The van der Waals surface area contributed by atoms with E-state index in [0.717, 1.165) is 32.8 Å². The molecule has 1 amide bonds. The predicted molar refractivity (Wildman–Crippen MR) is 93.6 cm³/mol. The number of ether oxygens (including phenoxy) is 3. The molecule has 1 atom stereocenters. The zero-order valence-corrected chi connectivity index (χ0v) is 15.0. The summed E-state index contributed by atoms with van der Waals surface area (Å²) >= 11 is 0. The zero-order valence-electron chi connectivity index (χ0n) is 14.2. The van der Waals surface area contributed by atoms with Crippen molar-refractivity contribution in [3.05, 3.63) is 18.2 Å². The average molecular weight is 368 g/mol. The van der Waals surface area contributed by atoms with E-state index in [-0.39, 0.29) is 12.3 Å². The first-order chi connectivity index (χ1) is 12.2. The second-order valence-electron chi connectivity index (χ2n) is 5.91. The van der Waals surface area contributed by atoms with Gasteiger partial charge in [0.05, 0.1) is 24.0 Å². The van der Waals surface area contributed by atoms with Crippen molar-refractivity contribution in [1.29, 1.82) is 0 Å². The molecule has 138 valence electrons. The molecule has 0 bridgehead atoms. The van der Waals surface area contributed by atoms with Gasteiger partial charge < -0.3 is 19.5 Å². The Hall–Kier alpha value is -1.64. The van der Waals surface area contributed by atoms with E-state index in [1.165, 1.54) is 0 Å². The number of hydrogen-bond acceptors (Lipinski definition) is 6. The number of carbonyl (C=O) groups is 1. The molecule has 0 saturated carbocycles.